The second-order valence-electron chi connectivity index (χ2n) is 4.57. The highest BCUT2D eigenvalue weighted by atomic mass is 79.9. The monoisotopic (exact) mass is 418 g/mol. The molecule has 0 aliphatic rings. The number of hydrogen-bond donors (Lipinski definition) is 1. The highest BCUT2D eigenvalue weighted by molar-refractivity contribution is 9.10. The number of halogens is 3. The molecule has 1 unspecified atom stereocenters. The van der Waals surface area contributed by atoms with Crippen LogP contribution in [-0.4, -0.2) is 21.6 Å². The summed E-state index contributed by atoms with van der Waals surface area (Å²) < 4.78 is 2.26. The van der Waals surface area contributed by atoms with Crippen LogP contribution in [0, 0.1) is 0 Å². The summed E-state index contributed by atoms with van der Waals surface area (Å²) in [7, 11) is 0. The van der Waals surface area contributed by atoms with E-state index >= 15 is 0 Å². The summed E-state index contributed by atoms with van der Waals surface area (Å²) in [6.07, 6.45) is 3.75. The molecule has 1 heterocycles. The number of hydrogen-bond acceptors (Lipinski definition) is 4. The third-order valence-electron chi connectivity index (χ3n) is 2.99. The number of aromatic nitrogens is 2. The van der Waals surface area contributed by atoms with E-state index in [0.717, 1.165) is 4.47 Å². The fourth-order valence-electron chi connectivity index (χ4n) is 1.85. The molecule has 0 amide bonds. The van der Waals surface area contributed by atoms with E-state index in [0.29, 0.717) is 22.0 Å². The van der Waals surface area contributed by atoms with Gasteiger partial charge in [0.25, 0.3) is 0 Å². The van der Waals surface area contributed by atoms with E-state index in [4.69, 9.17) is 33.8 Å². The van der Waals surface area contributed by atoms with Crippen LogP contribution in [0.15, 0.2) is 40.2 Å². The minimum Gasteiger partial charge on any atom is -0.380 e. The minimum absolute atomic E-state index is 0.0171. The number of nitrogens with two attached hydrogens (primary N) is 1. The number of rotatable bonds is 5. The van der Waals surface area contributed by atoms with E-state index in [1.807, 2.05) is 6.92 Å². The first-order valence-corrected chi connectivity index (χ1v) is 8.16. The number of carbonyl (C=O) groups is 1. The largest absolute Gasteiger partial charge is 0.380 e. The minimum atomic E-state index is -0.599. The van der Waals surface area contributed by atoms with Crippen LogP contribution >= 0.6 is 39.1 Å². The first-order valence-electron chi connectivity index (χ1n) is 6.61. The zero-order chi connectivity index (χ0) is 17.0. The molecular formula is C14H13BrCl2N4O2. The smallest absolute Gasteiger partial charge is 0.359 e. The summed E-state index contributed by atoms with van der Waals surface area (Å²) in [5, 5.41) is 8.51. The van der Waals surface area contributed by atoms with Gasteiger partial charge in [-0.15, -0.1) is 0 Å². The quantitative estimate of drug-likeness (QED) is 0.346. The number of oxime groups is 1. The molecule has 122 valence electrons. The van der Waals surface area contributed by atoms with Gasteiger partial charge < -0.3 is 10.6 Å². The van der Waals surface area contributed by atoms with Gasteiger partial charge >= 0.3 is 5.97 Å². The van der Waals surface area contributed by atoms with E-state index in [-0.39, 0.29) is 5.84 Å². The Kier molecular flexibility index (Phi) is 6.04. The molecule has 0 aliphatic carbocycles. The Morgan fingerprint density at radius 1 is 1.52 bits per heavy atom. The van der Waals surface area contributed by atoms with Crippen molar-refractivity contribution in [1.82, 2.24) is 9.78 Å². The highest BCUT2D eigenvalue weighted by Gasteiger charge is 2.21. The summed E-state index contributed by atoms with van der Waals surface area (Å²) in [6.45, 7) is 1.84. The standard InChI is InChI=1S/C14H13BrCl2N4O2/c1-2-12(21-7-8(15)6-19-21)14(22)23-20-13(18)10-4-3-9(16)5-11(10)17/h3-7,12H,2H2,1H3,(H2,18,20). The highest BCUT2D eigenvalue weighted by Crippen LogP contribution is 2.21. The van der Waals surface area contributed by atoms with Crippen LogP contribution in [0.5, 0.6) is 0 Å². The van der Waals surface area contributed by atoms with Crippen molar-refractivity contribution in [2.24, 2.45) is 10.9 Å². The third-order valence-corrected chi connectivity index (χ3v) is 3.95. The molecule has 1 aromatic heterocycles. The third kappa shape index (κ3) is 4.46. The summed E-state index contributed by atoms with van der Waals surface area (Å²) in [5.41, 5.74) is 6.22. The summed E-state index contributed by atoms with van der Waals surface area (Å²) in [4.78, 5) is 17.1. The van der Waals surface area contributed by atoms with Gasteiger partial charge in [0.15, 0.2) is 11.9 Å². The Hall–Kier alpha value is -1.57. The predicted octanol–water partition coefficient (Wildman–Crippen LogP) is 3.77. The van der Waals surface area contributed by atoms with Gasteiger partial charge in [-0.2, -0.15) is 5.10 Å². The lowest BCUT2D eigenvalue weighted by Crippen LogP contribution is -2.22. The topological polar surface area (TPSA) is 82.5 Å². The zero-order valence-electron chi connectivity index (χ0n) is 12.0. The van der Waals surface area contributed by atoms with E-state index in [9.17, 15) is 4.79 Å². The summed E-state index contributed by atoms with van der Waals surface area (Å²) in [5.74, 6) is -0.590. The molecule has 0 saturated heterocycles. The van der Waals surface area contributed by atoms with Crippen LogP contribution in [-0.2, 0) is 9.63 Å². The van der Waals surface area contributed by atoms with Crippen molar-refractivity contribution in [3.8, 4) is 0 Å². The molecule has 1 aromatic carbocycles. The maximum absolute atomic E-state index is 12.1. The second-order valence-corrected chi connectivity index (χ2v) is 6.33. The number of amidine groups is 1. The Bertz CT molecular complexity index is 748. The van der Waals surface area contributed by atoms with Crippen molar-refractivity contribution in [3.63, 3.8) is 0 Å². The lowest BCUT2D eigenvalue weighted by molar-refractivity contribution is -0.148. The first-order chi connectivity index (χ1) is 10.9. The van der Waals surface area contributed by atoms with Crippen LogP contribution in [0.25, 0.3) is 0 Å². The van der Waals surface area contributed by atoms with Crippen LogP contribution in [0.4, 0.5) is 0 Å². The molecule has 0 bridgehead atoms. The number of nitrogens with zero attached hydrogens (tertiary/aromatic N) is 3. The van der Waals surface area contributed by atoms with Gasteiger partial charge in [0.05, 0.1) is 15.7 Å². The Labute approximate surface area is 151 Å². The normalized spacial score (nSPS) is 13.0. The van der Waals surface area contributed by atoms with Crippen molar-refractivity contribution in [1.29, 1.82) is 0 Å². The van der Waals surface area contributed by atoms with Crippen LogP contribution in [0.1, 0.15) is 24.9 Å². The maximum Gasteiger partial charge on any atom is 0.359 e. The van der Waals surface area contributed by atoms with Crippen molar-refractivity contribution in [2.45, 2.75) is 19.4 Å². The zero-order valence-corrected chi connectivity index (χ0v) is 15.1. The average molecular weight is 420 g/mol. The molecule has 0 aliphatic heterocycles. The van der Waals surface area contributed by atoms with Crippen molar-refractivity contribution in [3.05, 3.63) is 50.7 Å². The molecule has 9 heteroatoms. The molecule has 1 atom stereocenters. The fraction of sp³-hybridized carbons (Fsp3) is 0.214. The van der Waals surface area contributed by atoms with Gasteiger partial charge in [0.2, 0.25) is 0 Å². The lowest BCUT2D eigenvalue weighted by atomic mass is 10.2. The molecular weight excluding hydrogens is 407 g/mol. The van der Waals surface area contributed by atoms with Gasteiger partial charge in [-0.05, 0) is 40.5 Å². The average Bonchev–Trinajstić information content (AvgIpc) is 2.92. The van der Waals surface area contributed by atoms with Crippen LogP contribution in [0.3, 0.4) is 0 Å². The molecule has 0 fully saturated rings. The number of carbonyl (C=O) groups excluding carboxylic acids is 1. The summed E-state index contributed by atoms with van der Waals surface area (Å²) in [6, 6.07) is 4.14. The fourth-order valence-corrected chi connectivity index (χ4v) is 2.66. The SMILES string of the molecule is CCC(C(=O)O/N=C(\N)c1ccc(Cl)cc1Cl)n1cc(Br)cn1. The van der Waals surface area contributed by atoms with E-state index in [1.54, 1.807) is 24.5 Å². The van der Waals surface area contributed by atoms with Gasteiger partial charge in [-0.3, -0.25) is 4.68 Å². The molecule has 6 nitrogen and oxygen atoms in total. The van der Waals surface area contributed by atoms with E-state index in [2.05, 4.69) is 26.2 Å². The van der Waals surface area contributed by atoms with Gasteiger partial charge in [-0.25, -0.2) is 4.79 Å². The molecule has 0 saturated carbocycles. The van der Waals surface area contributed by atoms with Gasteiger partial charge in [0.1, 0.15) is 0 Å². The molecule has 0 spiro atoms. The second kappa shape index (κ2) is 7.81. The summed E-state index contributed by atoms with van der Waals surface area (Å²) >= 11 is 15.1. The Balaban J connectivity index is 2.12. The molecule has 2 rings (SSSR count). The first kappa shape index (κ1) is 17.8. The Morgan fingerprint density at radius 2 is 2.26 bits per heavy atom. The van der Waals surface area contributed by atoms with E-state index < -0.39 is 12.0 Å². The van der Waals surface area contributed by atoms with Crippen LogP contribution < -0.4 is 5.73 Å². The number of benzene rings is 1. The van der Waals surface area contributed by atoms with Crippen molar-refractivity contribution >= 4 is 50.9 Å². The van der Waals surface area contributed by atoms with Crippen molar-refractivity contribution < 1.29 is 9.63 Å². The van der Waals surface area contributed by atoms with Crippen molar-refractivity contribution in [2.75, 3.05) is 0 Å². The van der Waals surface area contributed by atoms with E-state index in [1.165, 1.54) is 10.7 Å². The molecule has 2 N–H and O–H groups in total. The predicted molar refractivity (Wildman–Crippen MR) is 92.5 cm³/mol. The van der Waals surface area contributed by atoms with Crippen LogP contribution in [0.2, 0.25) is 10.0 Å². The molecule has 23 heavy (non-hydrogen) atoms. The molecule has 2 aromatic rings. The Morgan fingerprint density at radius 3 is 2.83 bits per heavy atom. The van der Waals surface area contributed by atoms with Gasteiger partial charge in [0, 0.05) is 16.8 Å². The lowest BCUT2D eigenvalue weighted by Gasteiger charge is -2.12. The molecule has 0 radical (unpaired) electrons. The maximum atomic E-state index is 12.1. The van der Waals surface area contributed by atoms with Gasteiger partial charge in [-0.1, -0.05) is 35.3 Å².